The van der Waals surface area contributed by atoms with Crippen molar-refractivity contribution >= 4 is 45.2 Å². The molecule has 2 amide bonds. The van der Waals surface area contributed by atoms with Gasteiger partial charge in [-0.1, -0.05) is 87.9 Å². The molecule has 3 aromatic carbocycles. The highest BCUT2D eigenvalue weighted by Crippen LogP contribution is 2.34. The van der Waals surface area contributed by atoms with Crippen molar-refractivity contribution in [2.75, 3.05) is 12.4 Å². The molecular weight excluding hydrogens is 604 g/mol. The summed E-state index contributed by atoms with van der Waals surface area (Å²) in [6.07, 6.45) is 0.628. The number of nitrogens with one attached hydrogen (secondary N) is 1. The number of ether oxygens (including phenoxy) is 1. The lowest BCUT2D eigenvalue weighted by Gasteiger charge is -2.22. The first-order valence-electron chi connectivity index (χ1n) is 13.0. The van der Waals surface area contributed by atoms with Gasteiger partial charge in [0.05, 0.1) is 24.1 Å². The van der Waals surface area contributed by atoms with Crippen molar-refractivity contribution in [1.82, 2.24) is 25.1 Å². The smallest absolute Gasteiger partial charge is 0.258 e. The van der Waals surface area contributed by atoms with Gasteiger partial charge in [-0.15, -0.1) is 10.2 Å². The van der Waals surface area contributed by atoms with E-state index in [4.69, 9.17) is 9.84 Å². The Labute approximate surface area is 251 Å². The Morgan fingerprint density at radius 2 is 1.76 bits per heavy atom. The predicted octanol–water partition coefficient (Wildman–Crippen LogP) is 5.05. The van der Waals surface area contributed by atoms with E-state index in [1.54, 1.807) is 21.7 Å². The highest BCUT2D eigenvalue weighted by atomic mass is 79.9. The van der Waals surface area contributed by atoms with Gasteiger partial charge in [0, 0.05) is 17.9 Å². The number of carbonyl (C=O) groups excluding carboxylic acids is 2. The maximum Gasteiger partial charge on any atom is 0.258 e. The van der Waals surface area contributed by atoms with Crippen LogP contribution in [-0.4, -0.2) is 49.7 Å². The van der Waals surface area contributed by atoms with E-state index in [1.165, 1.54) is 11.8 Å². The fourth-order valence-electron chi connectivity index (χ4n) is 4.32. The van der Waals surface area contributed by atoms with E-state index in [1.807, 2.05) is 56.4 Å². The van der Waals surface area contributed by atoms with Crippen molar-refractivity contribution in [1.29, 1.82) is 0 Å². The molecule has 0 bridgehead atoms. The molecular formula is C30H29BrN6O3S. The lowest BCUT2D eigenvalue weighted by Crippen LogP contribution is -2.29. The molecule has 4 aromatic rings. The van der Waals surface area contributed by atoms with Gasteiger partial charge in [0.1, 0.15) is 5.75 Å². The van der Waals surface area contributed by atoms with Crippen LogP contribution in [0.2, 0.25) is 0 Å². The minimum Gasteiger partial charge on any atom is -0.484 e. The number of amides is 2. The summed E-state index contributed by atoms with van der Waals surface area (Å²) in [5.74, 6) is 0.950. The van der Waals surface area contributed by atoms with Crippen LogP contribution >= 0.6 is 27.7 Å². The number of halogens is 1. The molecule has 9 nitrogen and oxygen atoms in total. The quantitative estimate of drug-likeness (QED) is 0.246. The summed E-state index contributed by atoms with van der Waals surface area (Å²) in [6.45, 7) is 2.14. The summed E-state index contributed by atoms with van der Waals surface area (Å²) in [7, 11) is 1.81. The van der Waals surface area contributed by atoms with Gasteiger partial charge < -0.3 is 14.6 Å². The Morgan fingerprint density at radius 1 is 1.02 bits per heavy atom. The fourth-order valence-corrected chi connectivity index (χ4v) is 5.36. The van der Waals surface area contributed by atoms with Crippen LogP contribution in [0.5, 0.6) is 5.75 Å². The molecule has 1 atom stereocenters. The van der Waals surface area contributed by atoms with E-state index in [2.05, 4.69) is 55.7 Å². The minimum absolute atomic E-state index is 0.0985. The summed E-state index contributed by atoms with van der Waals surface area (Å²) < 4.78 is 8.24. The van der Waals surface area contributed by atoms with Crippen molar-refractivity contribution in [2.45, 2.75) is 31.1 Å². The molecule has 1 aliphatic heterocycles. The molecule has 210 valence electrons. The Morgan fingerprint density at radius 3 is 2.49 bits per heavy atom. The first kappa shape index (κ1) is 28.6. The van der Waals surface area contributed by atoms with Crippen LogP contribution in [0, 0.1) is 6.92 Å². The number of rotatable bonds is 10. The van der Waals surface area contributed by atoms with Gasteiger partial charge in [-0.05, 0) is 42.3 Å². The van der Waals surface area contributed by atoms with E-state index >= 15 is 0 Å². The third-order valence-electron chi connectivity index (χ3n) is 6.61. The summed E-state index contributed by atoms with van der Waals surface area (Å²) in [4.78, 5) is 25.7. The number of hydrazone groups is 1. The number of hydrogen-bond acceptors (Lipinski definition) is 7. The topological polar surface area (TPSA) is 102 Å². The van der Waals surface area contributed by atoms with Gasteiger partial charge in [-0.2, -0.15) is 5.10 Å². The number of hydrogen-bond donors (Lipinski definition) is 1. The van der Waals surface area contributed by atoms with Gasteiger partial charge in [0.15, 0.2) is 17.6 Å². The van der Waals surface area contributed by atoms with E-state index < -0.39 is 0 Å². The van der Waals surface area contributed by atoms with E-state index in [9.17, 15) is 9.59 Å². The molecule has 0 fully saturated rings. The van der Waals surface area contributed by atoms with Crippen LogP contribution in [0.4, 0.5) is 0 Å². The van der Waals surface area contributed by atoms with Crippen LogP contribution in [0.25, 0.3) is 0 Å². The molecule has 11 heteroatoms. The van der Waals surface area contributed by atoms with Crippen molar-refractivity contribution in [3.05, 3.63) is 106 Å². The van der Waals surface area contributed by atoms with Crippen LogP contribution in [0.15, 0.2) is 93.6 Å². The highest BCUT2D eigenvalue weighted by Gasteiger charge is 2.33. The molecule has 0 saturated heterocycles. The molecule has 0 aliphatic carbocycles. The first-order valence-corrected chi connectivity index (χ1v) is 14.8. The number of aryl methyl sites for hydroxylation is 1. The second kappa shape index (κ2) is 13.1. The van der Waals surface area contributed by atoms with E-state index in [0.29, 0.717) is 23.2 Å². The van der Waals surface area contributed by atoms with Crippen molar-refractivity contribution in [3.8, 4) is 5.75 Å². The highest BCUT2D eigenvalue weighted by molar-refractivity contribution is 9.10. The van der Waals surface area contributed by atoms with Gasteiger partial charge in [-0.25, -0.2) is 5.01 Å². The van der Waals surface area contributed by atoms with Crippen LogP contribution in [-0.2, 0) is 23.2 Å². The van der Waals surface area contributed by atoms with E-state index in [0.717, 1.165) is 26.9 Å². The average Bonchev–Trinajstić information content (AvgIpc) is 3.59. The fraction of sp³-hybridized carbons (Fsp3) is 0.233. The molecule has 1 N–H and O–H groups in total. The van der Waals surface area contributed by atoms with Crippen LogP contribution < -0.4 is 10.1 Å². The zero-order valence-corrected chi connectivity index (χ0v) is 25.1. The van der Waals surface area contributed by atoms with Gasteiger partial charge in [-0.3, -0.25) is 9.59 Å². The summed E-state index contributed by atoms with van der Waals surface area (Å²) in [5, 5.41) is 18.1. The van der Waals surface area contributed by atoms with Gasteiger partial charge in [0.2, 0.25) is 0 Å². The molecule has 0 spiro atoms. The minimum atomic E-state index is -0.267. The predicted molar refractivity (Wildman–Crippen MR) is 162 cm³/mol. The molecule has 1 aliphatic rings. The standard InChI is InChI=1S/C30H29BrN6O3S/c1-20-8-10-22(11-9-20)26-16-25(21-12-14-23(31)15-13-21)35-37(26)29(39)19-41-30-34-33-27(36(30)2)17-32-28(38)18-40-24-6-4-3-5-7-24/h3-15,26H,16-19H2,1-2H3,(H,32,38)/t26-/m0/s1. The zero-order valence-electron chi connectivity index (χ0n) is 22.7. The van der Waals surface area contributed by atoms with Crippen LogP contribution in [0.1, 0.15) is 35.0 Å². The van der Waals surface area contributed by atoms with Crippen LogP contribution in [0.3, 0.4) is 0 Å². The lowest BCUT2D eigenvalue weighted by molar-refractivity contribution is -0.130. The molecule has 0 unspecified atom stereocenters. The Balaban J connectivity index is 1.21. The summed E-state index contributed by atoms with van der Waals surface area (Å²) >= 11 is 4.77. The number of thioether (sulfide) groups is 1. The number of benzene rings is 3. The molecule has 0 saturated carbocycles. The Bertz CT molecular complexity index is 1540. The van der Waals surface area contributed by atoms with Gasteiger partial charge in [0.25, 0.3) is 11.8 Å². The Kier molecular flexibility index (Phi) is 9.15. The zero-order chi connectivity index (χ0) is 28.8. The number of carbonyl (C=O) groups is 2. The molecule has 41 heavy (non-hydrogen) atoms. The normalized spacial score (nSPS) is 14.6. The maximum atomic E-state index is 13.5. The summed E-state index contributed by atoms with van der Waals surface area (Å²) in [6, 6.07) is 25.1. The summed E-state index contributed by atoms with van der Waals surface area (Å²) in [5.41, 5.74) is 4.06. The number of aromatic nitrogens is 3. The first-order chi connectivity index (χ1) is 19.9. The molecule has 0 radical (unpaired) electrons. The van der Waals surface area contributed by atoms with Crippen molar-refractivity contribution < 1.29 is 14.3 Å². The third kappa shape index (κ3) is 7.22. The Hall–Kier alpha value is -3.96. The maximum absolute atomic E-state index is 13.5. The molecule has 5 rings (SSSR count). The molecule has 2 heterocycles. The average molecular weight is 634 g/mol. The third-order valence-corrected chi connectivity index (χ3v) is 8.15. The van der Waals surface area contributed by atoms with E-state index in [-0.39, 0.29) is 36.8 Å². The monoisotopic (exact) mass is 632 g/mol. The molecule has 1 aromatic heterocycles. The second-order valence-electron chi connectivity index (χ2n) is 9.55. The number of nitrogens with zero attached hydrogens (tertiary/aromatic N) is 5. The second-order valence-corrected chi connectivity index (χ2v) is 11.4. The lowest BCUT2D eigenvalue weighted by atomic mass is 9.98. The van der Waals surface area contributed by atoms with Crippen molar-refractivity contribution in [2.24, 2.45) is 12.1 Å². The van der Waals surface area contributed by atoms with Gasteiger partial charge >= 0.3 is 0 Å². The number of para-hydroxylation sites is 1. The largest absolute Gasteiger partial charge is 0.484 e. The SMILES string of the molecule is Cc1ccc([C@@H]2CC(c3ccc(Br)cc3)=NN2C(=O)CSc2nnc(CNC(=O)COc3ccccc3)n2C)cc1. The van der Waals surface area contributed by atoms with Crippen molar-refractivity contribution in [3.63, 3.8) is 0 Å².